The van der Waals surface area contributed by atoms with Crippen molar-refractivity contribution in [2.24, 2.45) is 5.92 Å². The summed E-state index contributed by atoms with van der Waals surface area (Å²) in [7, 11) is 0. The van der Waals surface area contributed by atoms with Crippen molar-refractivity contribution >= 4 is 0 Å². The van der Waals surface area contributed by atoms with Crippen molar-refractivity contribution in [3.63, 3.8) is 0 Å². The number of hydrogen-bond acceptors (Lipinski definition) is 2. The van der Waals surface area contributed by atoms with Crippen molar-refractivity contribution in [3.8, 4) is 0 Å². The summed E-state index contributed by atoms with van der Waals surface area (Å²) in [6, 6.07) is 6.83. The normalized spacial score (nSPS) is 12.9. The van der Waals surface area contributed by atoms with Gasteiger partial charge in [-0.15, -0.1) is 0 Å². The Morgan fingerprint density at radius 2 is 1.78 bits per heavy atom. The molecule has 0 saturated carbocycles. The van der Waals surface area contributed by atoms with Gasteiger partial charge in [-0.1, -0.05) is 26.0 Å². The molecule has 0 aromatic heterocycles. The van der Waals surface area contributed by atoms with Crippen molar-refractivity contribution in [1.82, 2.24) is 5.32 Å². The third-order valence-corrected chi connectivity index (χ3v) is 2.91. The van der Waals surface area contributed by atoms with Gasteiger partial charge >= 0.3 is 0 Å². The molecule has 0 fully saturated rings. The first-order valence-electron chi connectivity index (χ1n) is 6.66. The zero-order valence-electron chi connectivity index (χ0n) is 11.6. The number of nitrogens with one attached hydrogen (secondary N) is 1. The molecule has 0 saturated heterocycles. The summed E-state index contributed by atoms with van der Waals surface area (Å²) in [5.41, 5.74) is 1.10. The second-order valence-electron chi connectivity index (χ2n) is 5.02. The molecule has 0 aliphatic rings. The predicted molar refractivity (Wildman–Crippen MR) is 73.1 cm³/mol. The van der Waals surface area contributed by atoms with Gasteiger partial charge in [0.25, 0.3) is 0 Å². The summed E-state index contributed by atoms with van der Waals surface area (Å²) in [6.45, 7) is 8.82. The molecule has 0 aliphatic heterocycles. The molecule has 1 aromatic carbocycles. The number of halogens is 1. The summed E-state index contributed by atoms with van der Waals surface area (Å²) >= 11 is 0. The maximum Gasteiger partial charge on any atom is 0.123 e. The molecule has 3 heteroatoms. The SMILES string of the molecule is CC(C)CCOCCN[C@H](C)c1ccc(F)cc1. The van der Waals surface area contributed by atoms with Gasteiger partial charge in [-0.3, -0.25) is 0 Å². The zero-order chi connectivity index (χ0) is 13.4. The molecule has 0 spiro atoms. The highest BCUT2D eigenvalue weighted by Gasteiger charge is 2.04. The van der Waals surface area contributed by atoms with Gasteiger partial charge in [-0.05, 0) is 37.0 Å². The van der Waals surface area contributed by atoms with Crippen LogP contribution in [0.2, 0.25) is 0 Å². The fraction of sp³-hybridized carbons (Fsp3) is 0.600. The van der Waals surface area contributed by atoms with Gasteiger partial charge in [0.15, 0.2) is 0 Å². The minimum Gasteiger partial charge on any atom is -0.380 e. The highest BCUT2D eigenvalue weighted by Crippen LogP contribution is 2.12. The smallest absolute Gasteiger partial charge is 0.123 e. The van der Waals surface area contributed by atoms with E-state index >= 15 is 0 Å². The Labute approximate surface area is 110 Å². The van der Waals surface area contributed by atoms with E-state index in [2.05, 4.69) is 26.1 Å². The van der Waals surface area contributed by atoms with Crippen LogP contribution in [0.3, 0.4) is 0 Å². The van der Waals surface area contributed by atoms with Crippen LogP contribution in [-0.2, 0) is 4.74 Å². The molecule has 0 aliphatic carbocycles. The van der Waals surface area contributed by atoms with E-state index in [0.29, 0.717) is 5.92 Å². The zero-order valence-corrected chi connectivity index (χ0v) is 11.6. The number of hydrogen-bond donors (Lipinski definition) is 1. The number of rotatable bonds is 8. The van der Waals surface area contributed by atoms with Crippen molar-refractivity contribution < 1.29 is 9.13 Å². The maximum atomic E-state index is 12.8. The minimum absolute atomic E-state index is 0.192. The summed E-state index contributed by atoms with van der Waals surface area (Å²) < 4.78 is 18.3. The molecule has 0 unspecified atom stereocenters. The molecule has 0 bridgehead atoms. The molecule has 1 atom stereocenters. The quantitative estimate of drug-likeness (QED) is 0.715. The molecule has 1 aromatic rings. The first-order chi connectivity index (χ1) is 8.59. The van der Waals surface area contributed by atoms with Crippen LogP contribution in [0.1, 0.15) is 38.8 Å². The Kier molecular flexibility index (Phi) is 6.91. The predicted octanol–water partition coefficient (Wildman–Crippen LogP) is 3.54. The summed E-state index contributed by atoms with van der Waals surface area (Å²) in [5, 5.41) is 3.36. The average Bonchev–Trinajstić information content (AvgIpc) is 2.34. The Morgan fingerprint density at radius 1 is 1.11 bits per heavy atom. The van der Waals surface area contributed by atoms with E-state index in [1.165, 1.54) is 12.1 Å². The molecule has 1 N–H and O–H groups in total. The Hall–Kier alpha value is -0.930. The van der Waals surface area contributed by atoms with Gasteiger partial charge < -0.3 is 10.1 Å². The Bertz CT molecular complexity index is 324. The van der Waals surface area contributed by atoms with Gasteiger partial charge in [-0.2, -0.15) is 0 Å². The summed E-state index contributed by atoms with van der Waals surface area (Å²) in [6.07, 6.45) is 1.10. The molecule has 18 heavy (non-hydrogen) atoms. The summed E-state index contributed by atoms with van der Waals surface area (Å²) in [5.74, 6) is 0.499. The Morgan fingerprint density at radius 3 is 2.39 bits per heavy atom. The van der Waals surface area contributed by atoms with Crippen molar-refractivity contribution in [1.29, 1.82) is 0 Å². The highest BCUT2D eigenvalue weighted by atomic mass is 19.1. The number of ether oxygens (including phenoxy) is 1. The van der Waals surface area contributed by atoms with Crippen LogP contribution < -0.4 is 5.32 Å². The van der Waals surface area contributed by atoms with Gasteiger partial charge in [0, 0.05) is 19.2 Å². The van der Waals surface area contributed by atoms with E-state index in [-0.39, 0.29) is 11.9 Å². The van der Waals surface area contributed by atoms with Crippen LogP contribution in [0.4, 0.5) is 4.39 Å². The van der Waals surface area contributed by atoms with Crippen molar-refractivity contribution in [2.75, 3.05) is 19.8 Å². The van der Waals surface area contributed by atoms with Crippen LogP contribution in [0.15, 0.2) is 24.3 Å². The lowest BCUT2D eigenvalue weighted by molar-refractivity contribution is 0.123. The highest BCUT2D eigenvalue weighted by molar-refractivity contribution is 5.19. The molecule has 0 radical (unpaired) electrons. The fourth-order valence-corrected chi connectivity index (χ4v) is 1.64. The molecule has 2 nitrogen and oxygen atoms in total. The van der Waals surface area contributed by atoms with E-state index < -0.39 is 0 Å². The largest absolute Gasteiger partial charge is 0.380 e. The molecular weight excluding hydrogens is 229 g/mol. The lowest BCUT2D eigenvalue weighted by atomic mass is 10.1. The van der Waals surface area contributed by atoms with Gasteiger partial charge in [0.05, 0.1) is 6.61 Å². The van der Waals surface area contributed by atoms with Crippen LogP contribution in [-0.4, -0.2) is 19.8 Å². The van der Waals surface area contributed by atoms with E-state index in [1.54, 1.807) is 0 Å². The molecule has 1 rings (SSSR count). The molecule has 0 heterocycles. The Balaban J connectivity index is 2.13. The van der Waals surface area contributed by atoms with Crippen LogP contribution in [0.25, 0.3) is 0 Å². The van der Waals surface area contributed by atoms with Crippen molar-refractivity contribution in [3.05, 3.63) is 35.6 Å². The standard InChI is InChI=1S/C15H24FNO/c1-12(2)8-10-18-11-9-17-13(3)14-4-6-15(16)7-5-14/h4-7,12-13,17H,8-11H2,1-3H3/t13-/m1/s1. The lowest BCUT2D eigenvalue weighted by Gasteiger charge is -2.14. The fourth-order valence-electron chi connectivity index (χ4n) is 1.64. The third kappa shape index (κ3) is 6.12. The molecular formula is C15H24FNO. The second-order valence-corrected chi connectivity index (χ2v) is 5.02. The topological polar surface area (TPSA) is 21.3 Å². The van der Waals surface area contributed by atoms with E-state index in [1.807, 2.05) is 12.1 Å². The maximum absolute atomic E-state index is 12.8. The lowest BCUT2D eigenvalue weighted by Crippen LogP contribution is -2.23. The third-order valence-electron chi connectivity index (χ3n) is 2.91. The second kappa shape index (κ2) is 8.22. The van der Waals surface area contributed by atoms with E-state index in [0.717, 1.165) is 31.7 Å². The van der Waals surface area contributed by atoms with E-state index in [4.69, 9.17) is 4.74 Å². The van der Waals surface area contributed by atoms with Crippen LogP contribution >= 0.6 is 0 Å². The van der Waals surface area contributed by atoms with Gasteiger partial charge in [0.1, 0.15) is 5.82 Å². The monoisotopic (exact) mass is 253 g/mol. The van der Waals surface area contributed by atoms with Crippen LogP contribution in [0, 0.1) is 11.7 Å². The first-order valence-corrected chi connectivity index (χ1v) is 6.66. The summed E-state index contributed by atoms with van der Waals surface area (Å²) in [4.78, 5) is 0. The average molecular weight is 253 g/mol. The number of benzene rings is 1. The van der Waals surface area contributed by atoms with Crippen LogP contribution in [0.5, 0.6) is 0 Å². The first kappa shape index (κ1) is 15.1. The minimum atomic E-state index is -0.192. The van der Waals surface area contributed by atoms with Crippen molar-refractivity contribution in [2.45, 2.75) is 33.2 Å². The molecule has 0 amide bonds. The van der Waals surface area contributed by atoms with Gasteiger partial charge in [-0.25, -0.2) is 4.39 Å². The van der Waals surface area contributed by atoms with E-state index in [9.17, 15) is 4.39 Å². The van der Waals surface area contributed by atoms with Gasteiger partial charge in [0.2, 0.25) is 0 Å². The molecule has 102 valence electrons.